The van der Waals surface area contributed by atoms with Crippen LogP contribution in [0.1, 0.15) is 41.3 Å². The highest BCUT2D eigenvalue weighted by Gasteiger charge is 2.09. The maximum Gasteiger partial charge on any atom is 0.220 e. The molecule has 2 rings (SSSR count). The molecule has 0 aromatic heterocycles. The highest BCUT2D eigenvalue weighted by Crippen LogP contribution is 2.11. The summed E-state index contributed by atoms with van der Waals surface area (Å²) in [6, 6.07) is 15.1. The molecule has 0 aliphatic carbocycles. The molecule has 4 heteroatoms. The van der Waals surface area contributed by atoms with Crippen LogP contribution < -0.4 is 10.1 Å². The Morgan fingerprint density at radius 1 is 0.917 bits per heavy atom. The van der Waals surface area contributed by atoms with Crippen LogP contribution in [-0.4, -0.2) is 18.8 Å². The van der Waals surface area contributed by atoms with Gasteiger partial charge in [0.15, 0.2) is 5.78 Å². The fraction of sp³-hybridized carbons (Fsp3) is 0.300. The Bertz CT molecular complexity index is 675. The van der Waals surface area contributed by atoms with Crippen molar-refractivity contribution in [1.82, 2.24) is 5.32 Å². The largest absolute Gasteiger partial charge is 0.497 e. The molecule has 4 nitrogen and oxygen atoms in total. The zero-order valence-electron chi connectivity index (χ0n) is 14.2. The summed E-state index contributed by atoms with van der Waals surface area (Å²) in [4.78, 5) is 24.0. The lowest BCUT2D eigenvalue weighted by molar-refractivity contribution is -0.121. The third-order valence-corrected chi connectivity index (χ3v) is 3.91. The lowest BCUT2D eigenvalue weighted by atomic mass is 10.0. The average molecular weight is 325 g/mol. The molecule has 2 aromatic rings. The Morgan fingerprint density at radius 3 is 2.12 bits per heavy atom. The summed E-state index contributed by atoms with van der Waals surface area (Å²) in [6.45, 7) is 2.52. The molecule has 2 aromatic carbocycles. The van der Waals surface area contributed by atoms with Crippen molar-refractivity contribution in [2.75, 3.05) is 7.11 Å². The first-order chi connectivity index (χ1) is 11.6. The molecule has 24 heavy (non-hydrogen) atoms. The summed E-state index contributed by atoms with van der Waals surface area (Å²) in [7, 11) is 1.61. The summed E-state index contributed by atoms with van der Waals surface area (Å²) < 4.78 is 5.09. The Balaban J connectivity index is 1.76. The second kappa shape index (κ2) is 8.87. The average Bonchev–Trinajstić information content (AvgIpc) is 2.64. The van der Waals surface area contributed by atoms with Gasteiger partial charge in [0.1, 0.15) is 5.75 Å². The number of rotatable bonds is 8. The monoisotopic (exact) mass is 325 g/mol. The van der Waals surface area contributed by atoms with E-state index in [9.17, 15) is 9.59 Å². The molecule has 0 aliphatic rings. The molecule has 0 saturated heterocycles. The van der Waals surface area contributed by atoms with Crippen LogP contribution in [0.5, 0.6) is 5.75 Å². The Hall–Kier alpha value is -2.62. The number of hydrogen-bond donors (Lipinski definition) is 1. The summed E-state index contributed by atoms with van der Waals surface area (Å²) in [5, 5.41) is 2.83. The van der Waals surface area contributed by atoms with Crippen molar-refractivity contribution >= 4 is 11.7 Å². The molecule has 0 fully saturated rings. The lowest BCUT2D eigenvalue weighted by Gasteiger charge is -2.06. The number of methoxy groups -OCH3 is 1. The van der Waals surface area contributed by atoms with Crippen LogP contribution in [0.15, 0.2) is 48.5 Å². The summed E-state index contributed by atoms with van der Waals surface area (Å²) in [6.07, 6.45) is 1.37. The minimum absolute atomic E-state index is 0.00255. The van der Waals surface area contributed by atoms with Crippen molar-refractivity contribution < 1.29 is 14.3 Å². The second-order valence-corrected chi connectivity index (χ2v) is 5.60. The van der Waals surface area contributed by atoms with Gasteiger partial charge < -0.3 is 10.1 Å². The maximum atomic E-state index is 12.1. The van der Waals surface area contributed by atoms with E-state index in [1.807, 2.05) is 48.5 Å². The van der Waals surface area contributed by atoms with Crippen LogP contribution >= 0.6 is 0 Å². The van der Waals surface area contributed by atoms with Gasteiger partial charge in [-0.25, -0.2) is 0 Å². The highest BCUT2D eigenvalue weighted by molar-refractivity contribution is 5.97. The van der Waals surface area contributed by atoms with E-state index in [1.54, 1.807) is 7.11 Å². The van der Waals surface area contributed by atoms with E-state index >= 15 is 0 Å². The number of carbonyl (C=O) groups is 2. The molecular formula is C20H23NO3. The van der Waals surface area contributed by atoms with Crippen LogP contribution in [0.3, 0.4) is 0 Å². The maximum absolute atomic E-state index is 12.1. The van der Waals surface area contributed by atoms with E-state index in [0.29, 0.717) is 12.1 Å². The molecule has 1 N–H and O–H groups in total. The fourth-order valence-corrected chi connectivity index (χ4v) is 2.33. The predicted octanol–water partition coefficient (Wildman–Crippen LogP) is 3.54. The summed E-state index contributed by atoms with van der Waals surface area (Å²) in [5.41, 5.74) is 2.85. The predicted molar refractivity (Wildman–Crippen MR) is 94.2 cm³/mol. The zero-order chi connectivity index (χ0) is 17.4. The molecule has 0 spiro atoms. The Morgan fingerprint density at radius 2 is 1.54 bits per heavy atom. The third kappa shape index (κ3) is 5.23. The van der Waals surface area contributed by atoms with Crippen molar-refractivity contribution in [2.24, 2.45) is 0 Å². The van der Waals surface area contributed by atoms with Crippen LogP contribution in [0.2, 0.25) is 0 Å². The minimum Gasteiger partial charge on any atom is -0.497 e. The third-order valence-electron chi connectivity index (χ3n) is 3.91. The van der Waals surface area contributed by atoms with Crippen LogP contribution in [-0.2, 0) is 17.8 Å². The van der Waals surface area contributed by atoms with Gasteiger partial charge in [0.25, 0.3) is 0 Å². The molecule has 1 amide bonds. The highest BCUT2D eigenvalue weighted by atomic mass is 16.5. The number of hydrogen-bond acceptors (Lipinski definition) is 3. The normalized spacial score (nSPS) is 10.2. The molecule has 126 valence electrons. The van der Waals surface area contributed by atoms with Gasteiger partial charge in [0, 0.05) is 24.9 Å². The van der Waals surface area contributed by atoms with E-state index < -0.39 is 0 Å². The standard InChI is InChI=1S/C20H23NO3/c1-3-15-4-8-17(9-5-15)19(22)12-13-20(23)21-14-16-6-10-18(24-2)11-7-16/h4-11H,3,12-14H2,1-2H3,(H,21,23). The number of aryl methyl sites for hydroxylation is 1. The Kier molecular flexibility index (Phi) is 6.55. The SMILES string of the molecule is CCc1ccc(C(=O)CCC(=O)NCc2ccc(OC)cc2)cc1. The summed E-state index contributed by atoms with van der Waals surface area (Å²) >= 11 is 0. The molecular weight excluding hydrogens is 302 g/mol. The fourth-order valence-electron chi connectivity index (χ4n) is 2.33. The minimum atomic E-state index is -0.121. The molecule has 0 aliphatic heterocycles. The van der Waals surface area contributed by atoms with Gasteiger partial charge in [0.05, 0.1) is 7.11 Å². The number of nitrogens with one attached hydrogen (secondary N) is 1. The topological polar surface area (TPSA) is 55.4 Å². The number of Topliss-reactive ketones (excluding diaryl/α,β-unsaturated/α-hetero) is 1. The van der Waals surface area contributed by atoms with Crippen molar-refractivity contribution in [1.29, 1.82) is 0 Å². The van der Waals surface area contributed by atoms with Gasteiger partial charge >= 0.3 is 0 Å². The van der Waals surface area contributed by atoms with Crippen molar-refractivity contribution in [3.05, 3.63) is 65.2 Å². The van der Waals surface area contributed by atoms with Gasteiger partial charge in [-0.15, -0.1) is 0 Å². The number of ketones is 1. The smallest absolute Gasteiger partial charge is 0.220 e. The van der Waals surface area contributed by atoms with E-state index in [4.69, 9.17) is 4.74 Å². The quantitative estimate of drug-likeness (QED) is 0.755. The molecule has 0 unspecified atom stereocenters. The molecule has 0 bridgehead atoms. The van der Waals surface area contributed by atoms with Gasteiger partial charge in [-0.2, -0.15) is 0 Å². The van der Waals surface area contributed by atoms with Crippen LogP contribution in [0.4, 0.5) is 0 Å². The second-order valence-electron chi connectivity index (χ2n) is 5.60. The van der Waals surface area contributed by atoms with Crippen molar-refractivity contribution in [3.8, 4) is 5.75 Å². The Labute approximate surface area is 142 Å². The van der Waals surface area contributed by atoms with E-state index in [-0.39, 0.29) is 24.5 Å². The van der Waals surface area contributed by atoms with E-state index in [2.05, 4.69) is 12.2 Å². The van der Waals surface area contributed by atoms with E-state index in [0.717, 1.165) is 17.7 Å². The van der Waals surface area contributed by atoms with Crippen molar-refractivity contribution in [3.63, 3.8) is 0 Å². The summed E-state index contributed by atoms with van der Waals surface area (Å²) in [5.74, 6) is 0.659. The van der Waals surface area contributed by atoms with Crippen LogP contribution in [0, 0.1) is 0 Å². The first-order valence-electron chi connectivity index (χ1n) is 8.14. The number of benzene rings is 2. The number of ether oxygens (including phenoxy) is 1. The molecule has 0 heterocycles. The van der Waals surface area contributed by atoms with E-state index in [1.165, 1.54) is 5.56 Å². The lowest BCUT2D eigenvalue weighted by Crippen LogP contribution is -2.23. The van der Waals surface area contributed by atoms with Crippen molar-refractivity contribution in [2.45, 2.75) is 32.7 Å². The molecule has 0 saturated carbocycles. The first-order valence-corrected chi connectivity index (χ1v) is 8.14. The zero-order valence-corrected chi connectivity index (χ0v) is 14.2. The van der Waals surface area contributed by atoms with Gasteiger partial charge in [-0.05, 0) is 29.7 Å². The first kappa shape index (κ1) is 17.7. The number of carbonyl (C=O) groups excluding carboxylic acids is 2. The van der Waals surface area contributed by atoms with Gasteiger partial charge in [0.2, 0.25) is 5.91 Å². The number of amides is 1. The van der Waals surface area contributed by atoms with Crippen LogP contribution in [0.25, 0.3) is 0 Å². The van der Waals surface area contributed by atoms with Gasteiger partial charge in [-0.3, -0.25) is 9.59 Å². The molecule has 0 atom stereocenters. The van der Waals surface area contributed by atoms with Gasteiger partial charge in [-0.1, -0.05) is 43.3 Å². The molecule has 0 radical (unpaired) electrons.